The summed E-state index contributed by atoms with van der Waals surface area (Å²) in [5, 5.41) is 0.739. The van der Waals surface area contributed by atoms with E-state index < -0.39 is 0 Å². The third kappa shape index (κ3) is 2.73. The lowest BCUT2D eigenvalue weighted by molar-refractivity contribution is 0.933. The quantitative estimate of drug-likeness (QED) is 0.503. The molecule has 0 spiro atoms. The highest BCUT2D eigenvalue weighted by atomic mass is 35.5. The molecule has 2 nitrogen and oxygen atoms in total. The van der Waals surface area contributed by atoms with Gasteiger partial charge in [-0.15, -0.1) is 0 Å². The zero-order valence-corrected chi connectivity index (χ0v) is 13.2. The van der Waals surface area contributed by atoms with Crippen LogP contribution in [0, 0.1) is 0 Å². The van der Waals surface area contributed by atoms with Gasteiger partial charge in [0.2, 0.25) is 0 Å². The van der Waals surface area contributed by atoms with Gasteiger partial charge in [-0.1, -0.05) is 54.1 Å². The molecule has 0 amide bonds. The fraction of sp³-hybridized carbons (Fsp3) is 0.0500. The van der Waals surface area contributed by atoms with E-state index in [1.165, 1.54) is 5.56 Å². The molecule has 0 fully saturated rings. The normalized spacial score (nSPS) is 11.0. The van der Waals surface area contributed by atoms with Crippen LogP contribution in [0.25, 0.3) is 16.7 Å². The molecular formula is C20H15ClN2. The van der Waals surface area contributed by atoms with Crippen LogP contribution < -0.4 is 0 Å². The van der Waals surface area contributed by atoms with Crippen LogP contribution in [0.3, 0.4) is 0 Å². The molecule has 4 rings (SSSR count). The Hall–Kier alpha value is -2.58. The summed E-state index contributed by atoms with van der Waals surface area (Å²) in [5.74, 6) is 1.03. The first-order chi connectivity index (χ1) is 11.3. The van der Waals surface area contributed by atoms with E-state index in [9.17, 15) is 0 Å². The van der Waals surface area contributed by atoms with Crippen molar-refractivity contribution in [3.05, 3.63) is 95.3 Å². The molecule has 0 bridgehead atoms. The molecule has 3 heteroatoms. The van der Waals surface area contributed by atoms with Gasteiger partial charge in [-0.3, -0.25) is 4.57 Å². The number of nitrogens with zero attached hydrogens (tertiary/aromatic N) is 2. The van der Waals surface area contributed by atoms with Gasteiger partial charge in [0, 0.05) is 17.1 Å². The average Bonchev–Trinajstić information content (AvgIpc) is 2.94. The first kappa shape index (κ1) is 14.0. The molecule has 0 saturated heterocycles. The van der Waals surface area contributed by atoms with E-state index in [1.807, 2.05) is 42.5 Å². The molecule has 3 aromatic carbocycles. The van der Waals surface area contributed by atoms with Crippen LogP contribution in [0.4, 0.5) is 0 Å². The summed E-state index contributed by atoms with van der Waals surface area (Å²) in [6.07, 6.45) is 0.790. The van der Waals surface area contributed by atoms with Crippen molar-refractivity contribution in [3.8, 4) is 5.69 Å². The molecule has 0 atom stereocenters. The summed E-state index contributed by atoms with van der Waals surface area (Å²) < 4.78 is 2.21. The summed E-state index contributed by atoms with van der Waals surface area (Å²) in [5.41, 5.74) is 4.45. The standard InChI is InChI=1S/C20H15ClN2/c21-16-10-12-17(13-11-16)23-19-9-5-4-8-18(19)22-20(23)14-15-6-2-1-3-7-15/h1-13H,14H2. The van der Waals surface area contributed by atoms with E-state index in [0.717, 1.165) is 34.0 Å². The Bertz CT molecular complexity index is 940. The Kier molecular flexibility index (Phi) is 3.60. The Morgan fingerprint density at radius 3 is 2.26 bits per heavy atom. The predicted molar refractivity (Wildman–Crippen MR) is 95.3 cm³/mol. The molecule has 0 saturated carbocycles. The maximum absolute atomic E-state index is 6.04. The number of benzene rings is 3. The van der Waals surface area contributed by atoms with Crippen LogP contribution in [0.2, 0.25) is 5.02 Å². The van der Waals surface area contributed by atoms with E-state index >= 15 is 0 Å². The smallest absolute Gasteiger partial charge is 0.118 e. The minimum absolute atomic E-state index is 0.739. The van der Waals surface area contributed by atoms with Gasteiger partial charge in [-0.25, -0.2) is 4.98 Å². The van der Waals surface area contributed by atoms with Crippen molar-refractivity contribution < 1.29 is 0 Å². The van der Waals surface area contributed by atoms with Crippen molar-refractivity contribution in [2.45, 2.75) is 6.42 Å². The summed E-state index contributed by atoms with van der Waals surface area (Å²) >= 11 is 6.04. The van der Waals surface area contributed by atoms with Crippen LogP contribution in [0.1, 0.15) is 11.4 Å². The molecule has 1 aromatic heterocycles. The molecule has 112 valence electrons. The molecule has 0 aliphatic rings. The third-order valence-electron chi connectivity index (χ3n) is 3.92. The number of halogens is 1. The van der Waals surface area contributed by atoms with Gasteiger partial charge in [-0.05, 0) is 42.0 Å². The minimum atomic E-state index is 0.739. The van der Waals surface area contributed by atoms with Crippen LogP contribution in [0.5, 0.6) is 0 Å². The van der Waals surface area contributed by atoms with Gasteiger partial charge in [0.05, 0.1) is 11.0 Å². The highest BCUT2D eigenvalue weighted by Gasteiger charge is 2.12. The maximum atomic E-state index is 6.04. The van der Waals surface area contributed by atoms with Gasteiger partial charge < -0.3 is 0 Å². The number of fused-ring (bicyclic) bond motifs is 1. The number of para-hydroxylation sites is 2. The monoisotopic (exact) mass is 318 g/mol. The number of rotatable bonds is 3. The van der Waals surface area contributed by atoms with Crippen LogP contribution >= 0.6 is 11.6 Å². The average molecular weight is 319 g/mol. The second-order valence-electron chi connectivity index (χ2n) is 5.49. The highest BCUT2D eigenvalue weighted by molar-refractivity contribution is 6.30. The topological polar surface area (TPSA) is 17.8 Å². The van der Waals surface area contributed by atoms with E-state index in [-0.39, 0.29) is 0 Å². The van der Waals surface area contributed by atoms with Crippen molar-refractivity contribution in [3.63, 3.8) is 0 Å². The minimum Gasteiger partial charge on any atom is -0.296 e. The van der Waals surface area contributed by atoms with Gasteiger partial charge in [0.15, 0.2) is 0 Å². The van der Waals surface area contributed by atoms with E-state index in [0.29, 0.717) is 0 Å². The first-order valence-electron chi connectivity index (χ1n) is 7.57. The highest BCUT2D eigenvalue weighted by Crippen LogP contribution is 2.24. The molecule has 0 aliphatic carbocycles. The number of imidazole rings is 1. The largest absolute Gasteiger partial charge is 0.296 e. The van der Waals surface area contributed by atoms with E-state index in [2.05, 4.69) is 41.0 Å². The predicted octanol–water partition coefficient (Wildman–Crippen LogP) is 5.27. The second-order valence-corrected chi connectivity index (χ2v) is 5.93. The summed E-state index contributed by atoms with van der Waals surface area (Å²) in [6.45, 7) is 0. The molecule has 23 heavy (non-hydrogen) atoms. The van der Waals surface area contributed by atoms with Gasteiger partial charge in [-0.2, -0.15) is 0 Å². The zero-order valence-electron chi connectivity index (χ0n) is 12.5. The van der Waals surface area contributed by atoms with Gasteiger partial charge >= 0.3 is 0 Å². The number of hydrogen-bond donors (Lipinski definition) is 0. The van der Waals surface area contributed by atoms with Crippen molar-refractivity contribution in [1.29, 1.82) is 0 Å². The maximum Gasteiger partial charge on any atom is 0.118 e. The number of aromatic nitrogens is 2. The number of hydrogen-bond acceptors (Lipinski definition) is 1. The molecule has 0 radical (unpaired) electrons. The summed E-state index contributed by atoms with van der Waals surface area (Å²) in [7, 11) is 0. The van der Waals surface area contributed by atoms with Gasteiger partial charge in [0.1, 0.15) is 5.82 Å². The van der Waals surface area contributed by atoms with Crippen molar-refractivity contribution >= 4 is 22.6 Å². The Morgan fingerprint density at radius 1 is 0.783 bits per heavy atom. The fourth-order valence-corrected chi connectivity index (χ4v) is 2.98. The molecule has 0 unspecified atom stereocenters. The lowest BCUT2D eigenvalue weighted by atomic mass is 10.1. The van der Waals surface area contributed by atoms with E-state index in [4.69, 9.17) is 16.6 Å². The van der Waals surface area contributed by atoms with Crippen molar-refractivity contribution in [2.24, 2.45) is 0 Å². The lowest BCUT2D eigenvalue weighted by Crippen LogP contribution is -2.02. The Morgan fingerprint density at radius 2 is 1.48 bits per heavy atom. The Balaban J connectivity index is 1.89. The lowest BCUT2D eigenvalue weighted by Gasteiger charge is -2.09. The Labute approximate surface area is 140 Å². The van der Waals surface area contributed by atoms with Crippen molar-refractivity contribution in [1.82, 2.24) is 9.55 Å². The van der Waals surface area contributed by atoms with Crippen molar-refractivity contribution in [2.75, 3.05) is 0 Å². The second kappa shape index (κ2) is 5.90. The SMILES string of the molecule is Clc1ccc(-n2c(Cc3ccccc3)nc3ccccc32)cc1. The van der Waals surface area contributed by atoms with Crippen LogP contribution in [-0.2, 0) is 6.42 Å². The summed E-state index contributed by atoms with van der Waals surface area (Å²) in [6, 6.07) is 26.5. The van der Waals surface area contributed by atoms with Crippen LogP contribution in [0.15, 0.2) is 78.9 Å². The molecular weight excluding hydrogens is 304 g/mol. The fourth-order valence-electron chi connectivity index (χ4n) is 2.85. The first-order valence-corrected chi connectivity index (χ1v) is 7.95. The molecule has 0 aliphatic heterocycles. The zero-order chi connectivity index (χ0) is 15.6. The summed E-state index contributed by atoms with van der Waals surface area (Å²) in [4.78, 5) is 4.84. The van der Waals surface area contributed by atoms with E-state index in [1.54, 1.807) is 0 Å². The third-order valence-corrected chi connectivity index (χ3v) is 4.17. The molecule has 4 aromatic rings. The molecule has 0 N–H and O–H groups in total. The van der Waals surface area contributed by atoms with Gasteiger partial charge in [0.25, 0.3) is 0 Å². The van der Waals surface area contributed by atoms with Crippen LogP contribution in [-0.4, -0.2) is 9.55 Å². The molecule has 1 heterocycles.